The summed E-state index contributed by atoms with van der Waals surface area (Å²) < 4.78 is 4.98. The smallest absolute Gasteiger partial charge is 0.330 e. The quantitative estimate of drug-likeness (QED) is 0.344. The van der Waals surface area contributed by atoms with Gasteiger partial charge in [-0.1, -0.05) is 12.1 Å². The molecular weight excluding hydrogens is 266 g/mol. The third kappa shape index (κ3) is 2.57. The van der Waals surface area contributed by atoms with E-state index in [0.29, 0.717) is 0 Å². The average molecular weight is 277 g/mol. The Morgan fingerprint density at radius 1 is 1.40 bits per heavy atom. The van der Waals surface area contributed by atoms with Crippen LogP contribution in [0.1, 0.15) is 10.4 Å². The minimum atomic E-state index is -1.41. The molecular formula is C13H11NO6. The van der Waals surface area contributed by atoms with Crippen LogP contribution in [0.4, 0.5) is 0 Å². The molecule has 2 atom stereocenters. The largest absolute Gasteiger partial charge is 0.480 e. The average Bonchev–Trinajstić information content (AvgIpc) is 2.42. The Kier molecular flexibility index (Phi) is 3.90. The van der Waals surface area contributed by atoms with Crippen molar-refractivity contribution in [3.8, 4) is 5.75 Å². The molecule has 1 aliphatic heterocycles. The number of carbonyl (C=O) groups excluding carboxylic acids is 2. The van der Waals surface area contributed by atoms with Gasteiger partial charge < -0.3 is 14.9 Å². The summed E-state index contributed by atoms with van der Waals surface area (Å²) in [6, 6.07) is 4.84. The Morgan fingerprint density at radius 3 is 2.75 bits per heavy atom. The molecule has 0 amide bonds. The summed E-state index contributed by atoms with van der Waals surface area (Å²) >= 11 is 0. The van der Waals surface area contributed by atoms with Gasteiger partial charge in [-0.05, 0) is 12.1 Å². The number of aliphatic imine (C=N–C) groups is 1. The van der Waals surface area contributed by atoms with Gasteiger partial charge >= 0.3 is 11.9 Å². The molecule has 104 valence electrons. The summed E-state index contributed by atoms with van der Waals surface area (Å²) in [4.78, 5) is 38.0. The lowest BCUT2D eigenvalue weighted by molar-refractivity contribution is -0.139. The van der Waals surface area contributed by atoms with Gasteiger partial charge in [0.1, 0.15) is 5.75 Å². The zero-order chi connectivity index (χ0) is 14.7. The van der Waals surface area contributed by atoms with Crippen LogP contribution in [0.3, 0.4) is 0 Å². The molecule has 0 spiro atoms. The Balaban J connectivity index is 2.26. The van der Waals surface area contributed by atoms with Crippen LogP contribution in [0, 0.1) is 5.92 Å². The van der Waals surface area contributed by atoms with Gasteiger partial charge in [0.25, 0.3) is 0 Å². The highest BCUT2D eigenvalue weighted by atomic mass is 16.5. The summed E-state index contributed by atoms with van der Waals surface area (Å²) in [7, 11) is 0. The summed E-state index contributed by atoms with van der Waals surface area (Å²) in [5.41, 5.74) is 0.236. The number of aliphatic carboxylic acids is 1. The zero-order valence-electron chi connectivity index (χ0n) is 10.2. The number of ether oxygens (including phenoxy) is 1. The predicted octanol–water partition coefficient (Wildman–Crippen LogP) is -0.0792. The van der Waals surface area contributed by atoms with Crippen molar-refractivity contribution in [2.24, 2.45) is 10.9 Å². The Hall–Kier alpha value is -2.54. The Bertz CT molecular complexity index is 594. The number of para-hydroxylation sites is 1. The molecule has 0 unspecified atom stereocenters. The molecule has 0 fully saturated rings. The van der Waals surface area contributed by atoms with Crippen LogP contribution < -0.4 is 4.74 Å². The normalized spacial score (nSPS) is 19.6. The zero-order valence-corrected chi connectivity index (χ0v) is 10.2. The molecule has 0 saturated carbocycles. The molecule has 7 nitrogen and oxygen atoms in total. The number of carboxylic acid groups (broad SMARTS) is 1. The fourth-order valence-electron chi connectivity index (χ4n) is 1.71. The number of aliphatic hydroxyl groups excluding tert-OH is 1. The van der Waals surface area contributed by atoms with Crippen LogP contribution in [0.2, 0.25) is 0 Å². The predicted molar refractivity (Wildman–Crippen MR) is 66.9 cm³/mol. The molecule has 1 aromatic rings. The van der Waals surface area contributed by atoms with Crippen LogP contribution in [-0.4, -0.2) is 46.8 Å². The van der Waals surface area contributed by atoms with Gasteiger partial charge in [-0.25, -0.2) is 4.79 Å². The number of carboxylic acids is 1. The van der Waals surface area contributed by atoms with Crippen molar-refractivity contribution in [1.82, 2.24) is 0 Å². The number of Topliss-reactive ketones (excluding diaryl/α,β-unsaturated/α-hetero) is 1. The van der Waals surface area contributed by atoms with Gasteiger partial charge in [0, 0.05) is 6.21 Å². The number of nitrogens with zero attached hydrogens (tertiary/aromatic N) is 1. The molecule has 0 aliphatic carbocycles. The number of carbonyl (C=O) groups is 3. The van der Waals surface area contributed by atoms with E-state index in [2.05, 4.69) is 4.99 Å². The van der Waals surface area contributed by atoms with E-state index in [9.17, 15) is 14.4 Å². The van der Waals surface area contributed by atoms with Crippen molar-refractivity contribution in [3.63, 3.8) is 0 Å². The number of aliphatic hydroxyl groups is 1. The Labute approximate surface area is 113 Å². The molecule has 0 radical (unpaired) electrons. The molecule has 1 aromatic carbocycles. The lowest BCUT2D eigenvalue weighted by atomic mass is 9.95. The summed E-state index contributed by atoms with van der Waals surface area (Å²) in [6.45, 7) is -0.724. The van der Waals surface area contributed by atoms with Crippen LogP contribution in [0.15, 0.2) is 29.3 Å². The van der Waals surface area contributed by atoms with Crippen molar-refractivity contribution < 1.29 is 29.3 Å². The number of benzene rings is 1. The first-order valence-corrected chi connectivity index (χ1v) is 5.76. The van der Waals surface area contributed by atoms with Crippen LogP contribution >= 0.6 is 0 Å². The van der Waals surface area contributed by atoms with Crippen molar-refractivity contribution in [1.29, 1.82) is 0 Å². The monoisotopic (exact) mass is 277 g/mol. The first-order valence-electron chi connectivity index (χ1n) is 5.76. The van der Waals surface area contributed by atoms with Crippen LogP contribution in [0.5, 0.6) is 5.75 Å². The number of esters is 1. The van der Waals surface area contributed by atoms with Crippen molar-refractivity contribution in [2.75, 3.05) is 6.61 Å². The van der Waals surface area contributed by atoms with Gasteiger partial charge in [0.05, 0.1) is 12.2 Å². The maximum atomic E-state index is 12.1. The van der Waals surface area contributed by atoms with Crippen LogP contribution in [-0.2, 0) is 9.59 Å². The molecule has 2 rings (SSSR count). The van der Waals surface area contributed by atoms with E-state index in [4.69, 9.17) is 14.9 Å². The number of rotatable bonds is 4. The van der Waals surface area contributed by atoms with E-state index < -0.39 is 36.3 Å². The van der Waals surface area contributed by atoms with Crippen molar-refractivity contribution >= 4 is 23.9 Å². The third-order valence-electron chi connectivity index (χ3n) is 2.77. The third-order valence-corrected chi connectivity index (χ3v) is 2.77. The van der Waals surface area contributed by atoms with Gasteiger partial charge in [-0.3, -0.25) is 14.6 Å². The van der Waals surface area contributed by atoms with Gasteiger partial charge in [-0.15, -0.1) is 0 Å². The summed E-state index contributed by atoms with van der Waals surface area (Å²) in [6.07, 6.45) is 0.912. The molecule has 2 N–H and O–H groups in total. The standard InChI is InChI=1S/C13H11NO6/c15-6-9(12(17)18)14-5-8-11(16)7-3-1-2-4-10(7)20-13(8)19/h1-5,8-9,15H,6H2,(H,17,18)/t8-,9-/m0/s1. The fourth-order valence-corrected chi connectivity index (χ4v) is 1.71. The van der Waals surface area contributed by atoms with E-state index in [1.54, 1.807) is 12.1 Å². The van der Waals surface area contributed by atoms with E-state index in [1.807, 2.05) is 0 Å². The highest BCUT2D eigenvalue weighted by Crippen LogP contribution is 2.27. The minimum absolute atomic E-state index is 0.170. The highest BCUT2D eigenvalue weighted by Gasteiger charge is 2.35. The second-order valence-electron chi connectivity index (χ2n) is 4.09. The molecule has 0 saturated heterocycles. The van der Waals surface area contributed by atoms with Gasteiger partial charge in [0.2, 0.25) is 0 Å². The second kappa shape index (κ2) is 5.62. The van der Waals surface area contributed by atoms with E-state index in [1.165, 1.54) is 12.1 Å². The molecule has 1 heterocycles. The van der Waals surface area contributed by atoms with Gasteiger partial charge in [0.15, 0.2) is 17.7 Å². The van der Waals surface area contributed by atoms with Crippen molar-refractivity contribution in [2.45, 2.75) is 6.04 Å². The van der Waals surface area contributed by atoms with E-state index in [0.717, 1.165) is 6.21 Å². The molecule has 0 aromatic heterocycles. The lowest BCUT2D eigenvalue weighted by Crippen LogP contribution is -2.35. The number of hydrogen-bond donors (Lipinski definition) is 2. The molecule has 7 heteroatoms. The minimum Gasteiger partial charge on any atom is -0.480 e. The van der Waals surface area contributed by atoms with E-state index in [-0.39, 0.29) is 11.3 Å². The molecule has 20 heavy (non-hydrogen) atoms. The first-order chi connectivity index (χ1) is 9.54. The van der Waals surface area contributed by atoms with Gasteiger partial charge in [-0.2, -0.15) is 0 Å². The SMILES string of the molecule is O=C1Oc2ccccc2C(=O)[C@@H]1C=N[C@@H](CO)C(=O)O. The summed E-state index contributed by atoms with van der Waals surface area (Å²) in [5.74, 6) is -3.80. The number of hydrogen-bond acceptors (Lipinski definition) is 6. The highest BCUT2D eigenvalue weighted by molar-refractivity contribution is 6.22. The maximum Gasteiger partial charge on any atom is 0.330 e. The van der Waals surface area contributed by atoms with E-state index >= 15 is 0 Å². The summed E-state index contributed by atoms with van der Waals surface area (Å²) in [5, 5.41) is 17.5. The second-order valence-corrected chi connectivity index (χ2v) is 4.09. The topological polar surface area (TPSA) is 113 Å². The van der Waals surface area contributed by atoms with Crippen LogP contribution in [0.25, 0.3) is 0 Å². The lowest BCUT2D eigenvalue weighted by Gasteiger charge is -2.19. The fraction of sp³-hybridized carbons (Fsp3) is 0.231. The molecule has 1 aliphatic rings. The maximum absolute atomic E-state index is 12.1. The van der Waals surface area contributed by atoms with Crippen molar-refractivity contribution in [3.05, 3.63) is 29.8 Å². The Morgan fingerprint density at radius 2 is 2.10 bits per heavy atom. The first kappa shape index (κ1) is 13.9. The molecule has 0 bridgehead atoms. The number of fused-ring (bicyclic) bond motifs is 1. The number of ketones is 1.